The Bertz CT molecular complexity index is 403. The van der Waals surface area contributed by atoms with Crippen LogP contribution in [0.2, 0.25) is 0 Å². The molecule has 1 heterocycles. The number of nitrogens with one attached hydrogen (secondary N) is 2. The molecule has 1 atom stereocenters. The molecule has 2 nitrogen and oxygen atoms in total. The van der Waals surface area contributed by atoms with Gasteiger partial charge in [0.25, 0.3) is 0 Å². The molecule has 2 rings (SSSR count). The number of alkyl halides is 3. The molecule has 1 saturated heterocycles. The van der Waals surface area contributed by atoms with Gasteiger partial charge in [-0.1, -0.05) is 0 Å². The van der Waals surface area contributed by atoms with Crippen LogP contribution in [0.3, 0.4) is 0 Å². The second-order valence-electron chi connectivity index (χ2n) is 3.98. The summed E-state index contributed by atoms with van der Waals surface area (Å²) in [7, 11) is 0. The number of rotatable bonds is 1. The summed E-state index contributed by atoms with van der Waals surface area (Å²) in [6.45, 7) is 1.92. The molecule has 1 aliphatic heterocycles. The molecule has 1 aliphatic rings. The summed E-state index contributed by atoms with van der Waals surface area (Å²) in [6, 6.07) is 2.37. The average Bonchev–Trinajstić information content (AvgIpc) is 2.28. The molecule has 0 bridgehead atoms. The third-order valence-electron chi connectivity index (χ3n) is 2.69. The number of hydrogen-bond acceptors (Lipinski definition) is 2. The van der Waals surface area contributed by atoms with Crippen molar-refractivity contribution < 1.29 is 17.6 Å². The summed E-state index contributed by atoms with van der Waals surface area (Å²) in [5.74, 6) is -0.859. The van der Waals surface area contributed by atoms with Gasteiger partial charge in [-0.2, -0.15) is 13.2 Å². The summed E-state index contributed by atoms with van der Waals surface area (Å²) in [5.41, 5.74) is -0.621. The summed E-state index contributed by atoms with van der Waals surface area (Å²) in [5, 5.41) is 6.09. The third-order valence-corrected chi connectivity index (χ3v) is 2.69. The highest BCUT2D eigenvalue weighted by Crippen LogP contribution is 2.31. The predicted molar refractivity (Wildman–Crippen MR) is 62.3 cm³/mol. The Labute approximate surface area is 108 Å². The number of benzene rings is 1. The van der Waals surface area contributed by atoms with Crippen LogP contribution in [-0.2, 0) is 6.18 Å². The van der Waals surface area contributed by atoms with E-state index >= 15 is 0 Å². The predicted octanol–water partition coefficient (Wildman–Crippen LogP) is 2.50. The van der Waals surface area contributed by atoms with Crippen molar-refractivity contribution in [3.8, 4) is 0 Å². The fraction of sp³-hybridized carbons (Fsp3) is 0.455. The highest BCUT2D eigenvalue weighted by atomic mass is 35.5. The van der Waals surface area contributed by atoms with Crippen LogP contribution >= 0.6 is 12.4 Å². The molecule has 0 aromatic heterocycles. The van der Waals surface area contributed by atoms with Crippen molar-refractivity contribution in [3.63, 3.8) is 0 Å². The van der Waals surface area contributed by atoms with Crippen molar-refractivity contribution in [1.82, 2.24) is 10.6 Å². The maximum Gasteiger partial charge on any atom is 0.416 e. The van der Waals surface area contributed by atoms with Crippen molar-refractivity contribution >= 4 is 12.4 Å². The highest BCUT2D eigenvalue weighted by molar-refractivity contribution is 5.85. The molecule has 0 unspecified atom stereocenters. The average molecular weight is 285 g/mol. The minimum Gasteiger partial charge on any atom is -0.314 e. The van der Waals surface area contributed by atoms with Gasteiger partial charge in [-0.15, -0.1) is 12.4 Å². The van der Waals surface area contributed by atoms with E-state index in [1.165, 1.54) is 0 Å². The molecule has 0 saturated carbocycles. The molecule has 18 heavy (non-hydrogen) atoms. The fourth-order valence-corrected chi connectivity index (χ4v) is 1.87. The molecule has 1 aromatic rings. The van der Waals surface area contributed by atoms with Crippen LogP contribution in [0.1, 0.15) is 17.2 Å². The van der Waals surface area contributed by atoms with Crippen LogP contribution in [-0.4, -0.2) is 19.6 Å². The fourth-order valence-electron chi connectivity index (χ4n) is 1.87. The van der Waals surface area contributed by atoms with Crippen LogP contribution in [0.15, 0.2) is 18.2 Å². The summed E-state index contributed by atoms with van der Waals surface area (Å²) >= 11 is 0. The van der Waals surface area contributed by atoms with Crippen LogP contribution < -0.4 is 10.6 Å². The Hall–Kier alpha value is -0.850. The van der Waals surface area contributed by atoms with E-state index in [0.717, 1.165) is 18.7 Å². The Morgan fingerprint density at radius 2 is 1.83 bits per heavy atom. The Morgan fingerprint density at radius 1 is 1.11 bits per heavy atom. The van der Waals surface area contributed by atoms with Crippen LogP contribution in [0.25, 0.3) is 0 Å². The molecule has 0 amide bonds. The van der Waals surface area contributed by atoms with Crippen LogP contribution in [0.5, 0.6) is 0 Å². The molecule has 1 aromatic carbocycles. The van der Waals surface area contributed by atoms with E-state index in [4.69, 9.17) is 0 Å². The van der Waals surface area contributed by atoms with E-state index in [-0.39, 0.29) is 18.4 Å². The lowest BCUT2D eigenvalue weighted by atomic mass is 10.0. The number of halogens is 5. The highest BCUT2D eigenvalue weighted by Gasteiger charge is 2.32. The lowest BCUT2D eigenvalue weighted by molar-refractivity contribution is -0.137. The molecule has 102 valence electrons. The topological polar surface area (TPSA) is 24.1 Å². The van der Waals surface area contributed by atoms with Gasteiger partial charge in [0, 0.05) is 25.7 Å². The maximum atomic E-state index is 13.2. The smallest absolute Gasteiger partial charge is 0.314 e. The summed E-state index contributed by atoms with van der Waals surface area (Å²) in [4.78, 5) is 0. The standard InChI is InChI=1S/C11H12F4N2.ClH/c12-9-4-7(10-6-16-1-2-17-10)3-8(5-9)11(13,14)15;/h3-5,10,16-17H,1-2,6H2;1H/t10-;/m0./s1. The molecule has 1 fully saturated rings. The van der Waals surface area contributed by atoms with Gasteiger partial charge >= 0.3 is 6.18 Å². The van der Waals surface area contributed by atoms with E-state index in [0.29, 0.717) is 24.7 Å². The van der Waals surface area contributed by atoms with E-state index in [2.05, 4.69) is 10.6 Å². The van der Waals surface area contributed by atoms with Gasteiger partial charge in [0.1, 0.15) is 5.82 Å². The van der Waals surface area contributed by atoms with Gasteiger partial charge in [-0.3, -0.25) is 0 Å². The Balaban J connectivity index is 0.00000162. The zero-order chi connectivity index (χ0) is 12.5. The first-order valence-electron chi connectivity index (χ1n) is 5.28. The lowest BCUT2D eigenvalue weighted by Crippen LogP contribution is -2.42. The van der Waals surface area contributed by atoms with Crippen molar-refractivity contribution in [2.24, 2.45) is 0 Å². The zero-order valence-corrected chi connectivity index (χ0v) is 10.2. The number of piperazine rings is 1. The minimum atomic E-state index is -4.51. The first kappa shape index (κ1) is 15.2. The van der Waals surface area contributed by atoms with Crippen molar-refractivity contribution in [2.75, 3.05) is 19.6 Å². The lowest BCUT2D eigenvalue weighted by Gasteiger charge is -2.25. The van der Waals surface area contributed by atoms with Crippen molar-refractivity contribution in [3.05, 3.63) is 35.1 Å². The van der Waals surface area contributed by atoms with Gasteiger partial charge in [-0.05, 0) is 23.8 Å². The van der Waals surface area contributed by atoms with E-state index in [1.807, 2.05) is 0 Å². The maximum absolute atomic E-state index is 13.2. The molecule has 0 aliphatic carbocycles. The molecule has 2 N–H and O–H groups in total. The van der Waals surface area contributed by atoms with Crippen molar-refractivity contribution in [1.29, 1.82) is 0 Å². The van der Waals surface area contributed by atoms with E-state index in [9.17, 15) is 17.6 Å². The van der Waals surface area contributed by atoms with Crippen molar-refractivity contribution in [2.45, 2.75) is 12.2 Å². The molecule has 0 spiro atoms. The zero-order valence-electron chi connectivity index (χ0n) is 9.35. The first-order valence-corrected chi connectivity index (χ1v) is 5.28. The minimum absolute atomic E-state index is 0. The van der Waals surface area contributed by atoms with Gasteiger partial charge in [0.15, 0.2) is 0 Å². The van der Waals surface area contributed by atoms with Gasteiger partial charge < -0.3 is 10.6 Å². The molecular formula is C11H13ClF4N2. The second-order valence-corrected chi connectivity index (χ2v) is 3.98. The van der Waals surface area contributed by atoms with E-state index < -0.39 is 17.6 Å². The second kappa shape index (κ2) is 5.86. The summed E-state index contributed by atoms with van der Waals surface area (Å²) in [6.07, 6.45) is -4.51. The number of hydrogen-bond donors (Lipinski definition) is 2. The van der Waals surface area contributed by atoms with Crippen LogP contribution in [0, 0.1) is 5.82 Å². The molecular weight excluding hydrogens is 272 g/mol. The molecule has 0 radical (unpaired) electrons. The van der Waals surface area contributed by atoms with Gasteiger partial charge in [0.05, 0.1) is 5.56 Å². The normalized spacial score (nSPS) is 20.3. The monoisotopic (exact) mass is 284 g/mol. The molecule has 7 heteroatoms. The third kappa shape index (κ3) is 3.57. The quantitative estimate of drug-likeness (QED) is 0.774. The largest absolute Gasteiger partial charge is 0.416 e. The Kier molecular flexibility index (Phi) is 4.95. The van der Waals surface area contributed by atoms with E-state index in [1.54, 1.807) is 0 Å². The SMILES string of the molecule is Cl.Fc1cc([C@@H]2CNCCN2)cc(C(F)(F)F)c1. The van der Waals surface area contributed by atoms with Gasteiger partial charge in [-0.25, -0.2) is 4.39 Å². The van der Waals surface area contributed by atoms with Crippen LogP contribution in [0.4, 0.5) is 17.6 Å². The summed E-state index contributed by atoms with van der Waals surface area (Å²) < 4.78 is 50.7. The first-order chi connectivity index (χ1) is 7.97. The Morgan fingerprint density at radius 3 is 2.39 bits per heavy atom. The van der Waals surface area contributed by atoms with Gasteiger partial charge in [0.2, 0.25) is 0 Å².